The van der Waals surface area contributed by atoms with E-state index in [9.17, 15) is 0 Å². The summed E-state index contributed by atoms with van der Waals surface area (Å²) in [5, 5.41) is 7.31. The van der Waals surface area contributed by atoms with Crippen LogP contribution in [0.4, 0.5) is 0 Å². The molecule has 1 aromatic heterocycles. The molecule has 1 aliphatic rings. The molecule has 0 amide bonds. The first-order chi connectivity index (χ1) is 10.7. The van der Waals surface area contributed by atoms with Gasteiger partial charge in [0.2, 0.25) is 0 Å². The Kier molecular flexibility index (Phi) is 4.48. The summed E-state index contributed by atoms with van der Waals surface area (Å²) >= 11 is 0. The Morgan fingerprint density at radius 1 is 1.14 bits per heavy atom. The Morgan fingerprint density at radius 2 is 1.86 bits per heavy atom. The van der Waals surface area contributed by atoms with Gasteiger partial charge in [-0.15, -0.1) is 0 Å². The number of fused-ring (bicyclic) bond motifs is 1. The molecule has 0 saturated carbocycles. The molecule has 4 heteroatoms. The molecule has 3 rings (SSSR count). The molecule has 118 valence electrons. The highest BCUT2D eigenvalue weighted by Gasteiger charge is 2.15. The molecular weight excluding hydrogens is 274 g/mol. The molecule has 0 atom stereocenters. The van der Waals surface area contributed by atoms with E-state index in [2.05, 4.69) is 40.3 Å². The lowest BCUT2D eigenvalue weighted by molar-refractivity contribution is 0.306. The van der Waals surface area contributed by atoms with Crippen LogP contribution in [0.15, 0.2) is 18.2 Å². The molecule has 0 radical (unpaired) electrons. The highest BCUT2D eigenvalue weighted by atomic mass is 16.5. The SMILES string of the molecule is COc1cc2c(cc1CN(C)Cc1cc(C)[nH]n1)CCCC2. The third kappa shape index (κ3) is 3.33. The summed E-state index contributed by atoms with van der Waals surface area (Å²) in [6, 6.07) is 6.69. The Labute approximate surface area is 132 Å². The number of rotatable bonds is 5. The molecule has 0 fully saturated rings. The number of nitrogens with one attached hydrogen (secondary N) is 1. The fourth-order valence-corrected chi connectivity index (χ4v) is 3.31. The van der Waals surface area contributed by atoms with Crippen LogP contribution in [-0.2, 0) is 25.9 Å². The fourth-order valence-electron chi connectivity index (χ4n) is 3.31. The highest BCUT2D eigenvalue weighted by Crippen LogP contribution is 2.30. The van der Waals surface area contributed by atoms with E-state index >= 15 is 0 Å². The van der Waals surface area contributed by atoms with Crippen LogP contribution in [0.1, 0.15) is 40.9 Å². The van der Waals surface area contributed by atoms with Gasteiger partial charge in [-0.05, 0) is 62.9 Å². The number of aromatic amines is 1. The number of nitrogens with zero attached hydrogens (tertiary/aromatic N) is 2. The number of methoxy groups -OCH3 is 1. The molecule has 0 unspecified atom stereocenters. The Hall–Kier alpha value is -1.81. The average molecular weight is 299 g/mol. The summed E-state index contributed by atoms with van der Waals surface area (Å²) < 4.78 is 5.62. The van der Waals surface area contributed by atoms with Gasteiger partial charge in [-0.2, -0.15) is 5.10 Å². The number of aryl methyl sites for hydroxylation is 3. The molecule has 1 heterocycles. The van der Waals surface area contributed by atoms with Crippen molar-refractivity contribution in [2.24, 2.45) is 0 Å². The Morgan fingerprint density at radius 3 is 2.50 bits per heavy atom. The number of hydrogen-bond acceptors (Lipinski definition) is 3. The number of aromatic nitrogens is 2. The zero-order valence-electron chi connectivity index (χ0n) is 13.8. The maximum absolute atomic E-state index is 5.62. The summed E-state index contributed by atoms with van der Waals surface area (Å²) in [6.45, 7) is 3.75. The van der Waals surface area contributed by atoms with Gasteiger partial charge in [-0.1, -0.05) is 6.07 Å². The molecule has 1 aromatic carbocycles. The first-order valence-electron chi connectivity index (χ1n) is 8.04. The Balaban J connectivity index is 1.75. The minimum absolute atomic E-state index is 0.838. The molecule has 0 saturated heterocycles. The van der Waals surface area contributed by atoms with E-state index in [1.165, 1.54) is 42.4 Å². The van der Waals surface area contributed by atoms with Gasteiger partial charge in [0.1, 0.15) is 5.75 Å². The molecule has 22 heavy (non-hydrogen) atoms. The van der Waals surface area contributed by atoms with E-state index in [0.29, 0.717) is 0 Å². The molecule has 1 aliphatic carbocycles. The van der Waals surface area contributed by atoms with Crippen molar-refractivity contribution in [2.75, 3.05) is 14.2 Å². The third-order valence-electron chi connectivity index (χ3n) is 4.38. The van der Waals surface area contributed by atoms with Gasteiger partial charge in [-0.3, -0.25) is 10.00 Å². The topological polar surface area (TPSA) is 41.1 Å². The van der Waals surface area contributed by atoms with Gasteiger partial charge in [0, 0.05) is 24.3 Å². The van der Waals surface area contributed by atoms with Crippen LogP contribution >= 0.6 is 0 Å². The van der Waals surface area contributed by atoms with Crippen LogP contribution in [0, 0.1) is 6.92 Å². The number of benzene rings is 1. The third-order valence-corrected chi connectivity index (χ3v) is 4.38. The second kappa shape index (κ2) is 6.53. The van der Waals surface area contributed by atoms with E-state index in [1.807, 2.05) is 6.92 Å². The van der Waals surface area contributed by atoms with Gasteiger partial charge in [0.25, 0.3) is 0 Å². The minimum atomic E-state index is 0.838. The molecule has 0 spiro atoms. The Bertz CT molecular complexity index is 648. The number of H-pyrrole nitrogens is 1. The van der Waals surface area contributed by atoms with Crippen molar-refractivity contribution in [1.82, 2.24) is 15.1 Å². The number of ether oxygens (including phenoxy) is 1. The van der Waals surface area contributed by atoms with Crippen molar-refractivity contribution in [1.29, 1.82) is 0 Å². The van der Waals surface area contributed by atoms with Gasteiger partial charge >= 0.3 is 0 Å². The lowest BCUT2D eigenvalue weighted by Crippen LogP contribution is -2.18. The van der Waals surface area contributed by atoms with Crippen molar-refractivity contribution in [3.8, 4) is 5.75 Å². The zero-order chi connectivity index (χ0) is 15.5. The number of hydrogen-bond donors (Lipinski definition) is 1. The second-order valence-electron chi connectivity index (χ2n) is 6.35. The van der Waals surface area contributed by atoms with Crippen LogP contribution in [0.2, 0.25) is 0 Å². The quantitative estimate of drug-likeness (QED) is 0.921. The summed E-state index contributed by atoms with van der Waals surface area (Å²) in [5.41, 5.74) is 6.44. The van der Waals surface area contributed by atoms with Crippen LogP contribution in [-0.4, -0.2) is 29.3 Å². The zero-order valence-corrected chi connectivity index (χ0v) is 13.8. The van der Waals surface area contributed by atoms with Gasteiger partial charge < -0.3 is 4.74 Å². The van der Waals surface area contributed by atoms with Crippen molar-refractivity contribution in [3.05, 3.63) is 46.3 Å². The smallest absolute Gasteiger partial charge is 0.123 e. The van der Waals surface area contributed by atoms with Crippen LogP contribution < -0.4 is 4.74 Å². The first-order valence-corrected chi connectivity index (χ1v) is 8.04. The summed E-state index contributed by atoms with van der Waals surface area (Å²) in [5.74, 6) is 1.02. The molecule has 2 aromatic rings. The van der Waals surface area contributed by atoms with Crippen molar-refractivity contribution in [3.63, 3.8) is 0 Å². The van der Waals surface area contributed by atoms with Crippen LogP contribution in [0.3, 0.4) is 0 Å². The summed E-state index contributed by atoms with van der Waals surface area (Å²) in [4.78, 5) is 2.28. The predicted octanol–water partition coefficient (Wildman–Crippen LogP) is 3.24. The van der Waals surface area contributed by atoms with E-state index in [0.717, 1.165) is 30.2 Å². The van der Waals surface area contributed by atoms with E-state index in [-0.39, 0.29) is 0 Å². The lowest BCUT2D eigenvalue weighted by Gasteiger charge is -2.22. The average Bonchev–Trinajstić information content (AvgIpc) is 2.91. The van der Waals surface area contributed by atoms with Crippen molar-refractivity contribution < 1.29 is 4.74 Å². The highest BCUT2D eigenvalue weighted by molar-refractivity contribution is 5.44. The normalized spacial score (nSPS) is 14.2. The standard InChI is InChI=1S/C18H25N3O/c1-13-8-17(20-19-13)12-21(2)11-16-9-14-6-4-5-7-15(14)10-18(16)22-3/h8-10H,4-7,11-12H2,1-3H3,(H,19,20). The van der Waals surface area contributed by atoms with Crippen LogP contribution in [0.5, 0.6) is 5.75 Å². The fraction of sp³-hybridized carbons (Fsp3) is 0.500. The summed E-state index contributed by atoms with van der Waals surface area (Å²) in [7, 11) is 3.90. The lowest BCUT2D eigenvalue weighted by atomic mass is 9.90. The van der Waals surface area contributed by atoms with E-state index in [4.69, 9.17) is 4.74 Å². The molecule has 0 aliphatic heterocycles. The predicted molar refractivity (Wildman–Crippen MR) is 88.1 cm³/mol. The maximum Gasteiger partial charge on any atom is 0.123 e. The van der Waals surface area contributed by atoms with Gasteiger partial charge in [-0.25, -0.2) is 0 Å². The molecule has 0 bridgehead atoms. The first kappa shape index (κ1) is 15.1. The van der Waals surface area contributed by atoms with Crippen molar-refractivity contribution in [2.45, 2.75) is 45.7 Å². The van der Waals surface area contributed by atoms with Crippen LogP contribution in [0.25, 0.3) is 0 Å². The largest absolute Gasteiger partial charge is 0.496 e. The molecule has 1 N–H and O–H groups in total. The summed E-state index contributed by atoms with van der Waals surface area (Å²) in [6.07, 6.45) is 5.00. The molecule has 4 nitrogen and oxygen atoms in total. The van der Waals surface area contributed by atoms with Gasteiger partial charge in [0.15, 0.2) is 0 Å². The monoisotopic (exact) mass is 299 g/mol. The minimum Gasteiger partial charge on any atom is -0.496 e. The van der Waals surface area contributed by atoms with E-state index in [1.54, 1.807) is 7.11 Å². The van der Waals surface area contributed by atoms with Crippen molar-refractivity contribution >= 4 is 0 Å². The molecular formula is C18H25N3O. The van der Waals surface area contributed by atoms with E-state index < -0.39 is 0 Å². The maximum atomic E-state index is 5.62. The van der Waals surface area contributed by atoms with Gasteiger partial charge in [0.05, 0.1) is 12.8 Å². The second-order valence-corrected chi connectivity index (χ2v) is 6.35.